The molecule has 0 radical (unpaired) electrons. The van der Waals surface area contributed by atoms with E-state index in [-0.39, 0.29) is 12.1 Å². The molecule has 0 bridgehead atoms. The molecule has 2 heterocycles. The average molecular weight is 389 g/mol. The monoisotopic (exact) mass is 389 g/mol. The Labute approximate surface area is 167 Å². The molecule has 2 amide bonds. The number of nitrogens with zero attached hydrogens (tertiary/aromatic N) is 4. The molecule has 0 spiro atoms. The summed E-state index contributed by atoms with van der Waals surface area (Å²) in [4.78, 5) is 19.0. The number of para-hydroxylation sites is 1. The van der Waals surface area contributed by atoms with E-state index in [4.69, 9.17) is 14.5 Å². The quantitative estimate of drug-likeness (QED) is 0.723. The van der Waals surface area contributed by atoms with E-state index in [1.165, 1.54) is 0 Å². The SMILES string of the molecule is COc1ccccc1-c1noc(C2CCCN2C(=O)Nc2cccc(C#N)c2)n1. The number of ether oxygens (including phenoxy) is 1. The van der Waals surface area contributed by atoms with E-state index in [1.807, 2.05) is 24.3 Å². The number of urea groups is 1. The lowest BCUT2D eigenvalue weighted by Crippen LogP contribution is -2.34. The van der Waals surface area contributed by atoms with E-state index in [0.717, 1.165) is 18.4 Å². The van der Waals surface area contributed by atoms with Crippen molar-refractivity contribution in [2.45, 2.75) is 18.9 Å². The molecule has 0 saturated carbocycles. The maximum Gasteiger partial charge on any atom is 0.322 e. The van der Waals surface area contributed by atoms with E-state index < -0.39 is 0 Å². The zero-order chi connectivity index (χ0) is 20.2. The number of hydrogen-bond donors (Lipinski definition) is 1. The molecule has 8 heteroatoms. The van der Waals surface area contributed by atoms with Gasteiger partial charge in [0.05, 0.1) is 24.3 Å². The van der Waals surface area contributed by atoms with Crippen molar-refractivity contribution in [3.8, 4) is 23.2 Å². The third-order valence-corrected chi connectivity index (χ3v) is 4.83. The molecule has 1 unspecified atom stereocenters. The van der Waals surface area contributed by atoms with E-state index in [0.29, 0.717) is 35.3 Å². The van der Waals surface area contributed by atoms with Crippen LogP contribution in [0.1, 0.15) is 30.3 Å². The maximum absolute atomic E-state index is 12.8. The zero-order valence-corrected chi connectivity index (χ0v) is 15.8. The highest BCUT2D eigenvalue weighted by molar-refractivity contribution is 5.90. The van der Waals surface area contributed by atoms with Crippen LogP contribution < -0.4 is 10.1 Å². The number of likely N-dealkylation sites (tertiary alicyclic amines) is 1. The summed E-state index contributed by atoms with van der Waals surface area (Å²) in [7, 11) is 1.59. The number of carbonyl (C=O) groups excluding carboxylic acids is 1. The minimum absolute atomic E-state index is 0.264. The van der Waals surface area contributed by atoms with E-state index >= 15 is 0 Å². The molecule has 4 rings (SSSR count). The first kappa shape index (κ1) is 18.5. The molecule has 2 aromatic carbocycles. The summed E-state index contributed by atoms with van der Waals surface area (Å²) in [6.45, 7) is 0.584. The van der Waals surface area contributed by atoms with Crippen LogP contribution in [-0.2, 0) is 0 Å². The molecule has 1 atom stereocenters. The van der Waals surface area contributed by atoms with Crippen molar-refractivity contribution in [3.63, 3.8) is 0 Å². The van der Waals surface area contributed by atoms with Gasteiger partial charge in [-0.3, -0.25) is 0 Å². The normalized spacial score (nSPS) is 15.7. The Morgan fingerprint density at radius 1 is 1.31 bits per heavy atom. The van der Waals surface area contributed by atoms with Gasteiger partial charge in [-0.05, 0) is 43.2 Å². The fourth-order valence-electron chi connectivity index (χ4n) is 3.44. The second-order valence-electron chi connectivity index (χ2n) is 6.63. The summed E-state index contributed by atoms with van der Waals surface area (Å²) in [6, 6.07) is 15.7. The van der Waals surface area contributed by atoms with Crippen LogP contribution in [-0.4, -0.2) is 34.7 Å². The number of anilines is 1. The molecule has 3 aromatic rings. The maximum atomic E-state index is 12.8. The topological polar surface area (TPSA) is 104 Å². The van der Waals surface area contributed by atoms with Crippen molar-refractivity contribution in [1.29, 1.82) is 5.26 Å². The molecule has 1 fully saturated rings. The number of benzene rings is 2. The van der Waals surface area contributed by atoms with Crippen LogP contribution in [0.2, 0.25) is 0 Å². The van der Waals surface area contributed by atoms with Crippen LogP contribution in [0.3, 0.4) is 0 Å². The highest BCUT2D eigenvalue weighted by Crippen LogP contribution is 2.34. The molecule has 1 saturated heterocycles. The van der Waals surface area contributed by atoms with Gasteiger partial charge >= 0.3 is 6.03 Å². The Balaban J connectivity index is 1.53. The lowest BCUT2D eigenvalue weighted by atomic mass is 10.2. The molecular formula is C21H19N5O3. The smallest absolute Gasteiger partial charge is 0.322 e. The number of methoxy groups -OCH3 is 1. The molecular weight excluding hydrogens is 370 g/mol. The fraction of sp³-hybridized carbons (Fsp3) is 0.238. The van der Waals surface area contributed by atoms with Crippen molar-refractivity contribution in [3.05, 3.63) is 60.0 Å². The minimum atomic E-state index is -0.301. The van der Waals surface area contributed by atoms with Gasteiger partial charge in [0.25, 0.3) is 0 Å². The first-order chi connectivity index (χ1) is 14.2. The van der Waals surface area contributed by atoms with Gasteiger partial charge in [0, 0.05) is 12.2 Å². The van der Waals surface area contributed by atoms with Crippen LogP contribution in [0, 0.1) is 11.3 Å². The summed E-state index contributed by atoms with van der Waals surface area (Å²) in [5, 5.41) is 15.9. The Kier molecular flexibility index (Phi) is 5.12. The minimum Gasteiger partial charge on any atom is -0.496 e. The van der Waals surface area contributed by atoms with Crippen molar-refractivity contribution in [2.75, 3.05) is 19.0 Å². The van der Waals surface area contributed by atoms with Gasteiger partial charge in [0.1, 0.15) is 11.8 Å². The number of amides is 2. The van der Waals surface area contributed by atoms with Crippen molar-refractivity contribution >= 4 is 11.7 Å². The summed E-state index contributed by atoms with van der Waals surface area (Å²) >= 11 is 0. The highest BCUT2D eigenvalue weighted by Gasteiger charge is 2.34. The third kappa shape index (κ3) is 3.75. The molecule has 1 aliphatic heterocycles. The second-order valence-corrected chi connectivity index (χ2v) is 6.63. The highest BCUT2D eigenvalue weighted by atomic mass is 16.5. The predicted molar refractivity (Wildman–Crippen MR) is 105 cm³/mol. The summed E-state index contributed by atoms with van der Waals surface area (Å²) < 4.78 is 10.8. The molecule has 146 valence electrons. The standard InChI is InChI=1S/C21H19N5O3/c1-28-18-10-3-2-8-16(18)19-24-20(29-25-19)17-9-5-11-26(17)21(27)23-15-7-4-6-14(12-15)13-22/h2-4,6-8,10,12,17H,5,9,11H2,1H3,(H,23,27). The Hall–Kier alpha value is -3.86. The number of rotatable bonds is 4. The predicted octanol–water partition coefficient (Wildman–Crippen LogP) is 3.99. The number of hydrogen-bond acceptors (Lipinski definition) is 6. The van der Waals surface area contributed by atoms with E-state index in [1.54, 1.807) is 36.3 Å². The van der Waals surface area contributed by atoms with Crippen molar-refractivity contribution in [2.24, 2.45) is 0 Å². The summed E-state index contributed by atoms with van der Waals surface area (Å²) in [5.41, 5.74) is 1.78. The van der Waals surface area contributed by atoms with Gasteiger partial charge in [-0.15, -0.1) is 0 Å². The molecule has 1 aliphatic rings. The van der Waals surface area contributed by atoms with Crippen molar-refractivity contribution < 1.29 is 14.1 Å². The van der Waals surface area contributed by atoms with Gasteiger partial charge in [-0.1, -0.05) is 23.4 Å². The summed E-state index contributed by atoms with van der Waals surface area (Å²) in [6.07, 6.45) is 1.57. The number of aromatic nitrogens is 2. The summed E-state index contributed by atoms with van der Waals surface area (Å²) in [5.74, 6) is 1.47. The molecule has 1 aromatic heterocycles. The van der Waals surface area contributed by atoms with E-state index in [9.17, 15) is 4.79 Å². The molecule has 0 aliphatic carbocycles. The Morgan fingerprint density at radius 3 is 3.00 bits per heavy atom. The largest absolute Gasteiger partial charge is 0.496 e. The average Bonchev–Trinajstić information content (AvgIpc) is 3.43. The van der Waals surface area contributed by atoms with Gasteiger partial charge in [-0.2, -0.15) is 10.2 Å². The lowest BCUT2D eigenvalue weighted by molar-refractivity contribution is 0.193. The number of nitriles is 1. The Morgan fingerprint density at radius 2 is 2.17 bits per heavy atom. The van der Waals surface area contributed by atoms with Crippen LogP contribution in [0.15, 0.2) is 53.1 Å². The lowest BCUT2D eigenvalue weighted by Gasteiger charge is -2.22. The first-order valence-electron chi connectivity index (χ1n) is 9.24. The first-order valence-corrected chi connectivity index (χ1v) is 9.24. The molecule has 29 heavy (non-hydrogen) atoms. The number of carbonyl (C=O) groups is 1. The zero-order valence-electron chi connectivity index (χ0n) is 15.8. The molecule has 8 nitrogen and oxygen atoms in total. The van der Waals surface area contributed by atoms with E-state index in [2.05, 4.69) is 21.5 Å². The van der Waals surface area contributed by atoms with Crippen LogP contribution in [0.4, 0.5) is 10.5 Å². The van der Waals surface area contributed by atoms with Crippen LogP contribution in [0.5, 0.6) is 5.75 Å². The van der Waals surface area contributed by atoms with Gasteiger partial charge in [0.2, 0.25) is 11.7 Å². The van der Waals surface area contributed by atoms with Gasteiger partial charge in [0.15, 0.2) is 0 Å². The van der Waals surface area contributed by atoms with Crippen molar-refractivity contribution in [1.82, 2.24) is 15.0 Å². The molecule has 1 N–H and O–H groups in total. The Bertz CT molecular complexity index is 1070. The second kappa shape index (κ2) is 8.02. The van der Waals surface area contributed by atoms with Crippen LogP contribution >= 0.6 is 0 Å². The van der Waals surface area contributed by atoms with Crippen LogP contribution in [0.25, 0.3) is 11.4 Å². The van der Waals surface area contributed by atoms with Gasteiger partial charge < -0.3 is 19.5 Å². The number of nitrogens with one attached hydrogen (secondary N) is 1. The fourth-order valence-corrected chi connectivity index (χ4v) is 3.44. The van der Waals surface area contributed by atoms with Gasteiger partial charge in [-0.25, -0.2) is 4.79 Å². The third-order valence-electron chi connectivity index (χ3n) is 4.83.